The maximum absolute atomic E-state index is 12.5. The number of nitrogens with one attached hydrogen (secondary N) is 1. The Morgan fingerprint density at radius 3 is 2.78 bits per heavy atom. The Labute approximate surface area is 163 Å². The number of hydrogen-bond donors (Lipinski definition) is 1. The van der Waals surface area contributed by atoms with E-state index in [1.54, 1.807) is 29.5 Å². The Bertz CT molecular complexity index is 937. The number of benzene rings is 1. The van der Waals surface area contributed by atoms with Crippen LogP contribution < -0.4 is 5.32 Å². The maximum atomic E-state index is 12.5. The summed E-state index contributed by atoms with van der Waals surface area (Å²) in [4.78, 5) is 27.3. The second-order valence-corrected chi connectivity index (χ2v) is 7.58. The van der Waals surface area contributed by atoms with E-state index >= 15 is 0 Å². The van der Waals surface area contributed by atoms with E-state index in [0.29, 0.717) is 18.3 Å². The zero-order valence-electron chi connectivity index (χ0n) is 15.9. The van der Waals surface area contributed by atoms with Gasteiger partial charge in [-0.1, -0.05) is 26.0 Å². The van der Waals surface area contributed by atoms with Gasteiger partial charge in [0.05, 0.1) is 22.9 Å². The monoisotopic (exact) mass is 381 g/mol. The highest BCUT2D eigenvalue weighted by Crippen LogP contribution is 2.22. The molecule has 140 valence electrons. The molecule has 27 heavy (non-hydrogen) atoms. The van der Waals surface area contributed by atoms with Crippen LogP contribution in [-0.4, -0.2) is 32.9 Å². The Balaban J connectivity index is 1.67. The standard InChI is InChI=1S/C20H23N5OS/c1-13(2)19-23-17(12-27-19)11-25(4)20(26)24-16-7-5-6-15(10-16)18-8-9-21-14(3)22-18/h5-10,12-13H,11H2,1-4H3,(H,24,26). The van der Waals surface area contributed by atoms with Crippen molar-refractivity contribution in [3.05, 3.63) is 58.4 Å². The van der Waals surface area contributed by atoms with Crippen LogP contribution >= 0.6 is 11.3 Å². The fraction of sp³-hybridized carbons (Fsp3) is 0.300. The predicted molar refractivity (Wildman–Crippen MR) is 109 cm³/mol. The molecule has 3 rings (SSSR count). The number of carbonyl (C=O) groups is 1. The molecule has 7 heteroatoms. The highest BCUT2D eigenvalue weighted by atomic mass is 32.1. The first-order valence-corrected chi connectivity index (χ1v) is 9.67. The van der Waals surface area contributed by atoms with Crippen molar-refractivity contribution in [2.24, 2.45) is 0 Å². The van der Waals surface area contributed by atoms with E-state index in [2.05, 4.69) is 34.1 Å². The van der Waals surface area contributed by atoms with E-state index in [1.807, 2.05) is 42.6 Å². The number of anilines is 1. The summed E-state index contributed by atoms with van der Waals surface area (Å²) < 4.78 is 0. The van der Waals surface area contributed by atoms with E-state index in [1.165, 1.54) is 0 Å². The zero-order valence-corrected chi connectivity index (χ0v) is 16.7. The molecule has 0 aliphatic rings. The molecule has 1 aromatic carbocycles. The van der Waals surface area contributed by atoms with Gasteiger partial charge in [0, 0.05) is 35.8 Å². The summed E-state index contributed by atoms with van der Waals surface area (Å²) in [5.74, 6) is 1.11. The lowest BCUT2D eigenvalue weighted by molar-refractivity contribution is 0.220. The summed E-state index contributed by atoms with van der Waals surface area (Å²) >= 11 is 1.63. The molecule has 0 aliphatic heterocycles. The first-order chi connectivity index (χ1) is 12.9. The van der Waals surface area contributed by atoms with E-state index in [9.17, 15) is 4.79 Å². The molecule has 0 atom stereocenters. The molecule has 1 N–H and O–H groups in total. The summed E-state index contributed by atoms with van der Waals surface area (Å²) in [6.07, 6.45) is 1.73. The van der Waals surface area contributed by atoms with Gasteiger partial charge in [-0.05, 0) is 25.1 Å². The van der Waals surface area contributed by atoms with Crippen LogP contribution in [0.1, 0.15) is 36.3 Å². The SMILES string of the molecule is Cc1nccc(-c2cccc(NC(=O)N(C)Cc3csc(C(C)C)n3)c2)n1. The molecule has 0 aliphatic carbocycles. The third kappa shape index (κ3) is 4.89. The van der Waals surface area contributed by atoms with Crippen LogP contribution in [0.2, 0.25) is 0 Å². The van der Waals surface area contributed by atoms with Gasteiger partial charge in [0.1, 0.15) is 5.82 Å². The third-order valence-electron chi connectivity index (χ3n) is 3.99. The van der Waals surface area contributed by atoms with Crippen molar-refractivity contribution in [3.8, 4) is 11.3 Å². The number of thiazole rings is 1. The largest absolute Gasteiger partial charge is 0.322 e. The first-order valence-electron chi connectivity index (χ1n) is 8.79. The van der Waals surface area contributed by atoms with Gasteiger partial charge in [-0.3, -0.25) is 0 Å². The van der Waals surface area contributed by atoms with E-state index in [-0.39, 0.29) is 6.03 Å². The van der Waals surface area contributed by atoms with Crippen molar-refractivity contribution in [2.75, 3.05) is 12.4 Å². The molecule has 0 spiro atoms. The number of aryl methyl sites for hydroxylation is 1. The summed E-state index contributed by atoms with van der Waals surface area (Å²) in [7, 11) is 1.77. The summed E-state index contributed by atoms with van der Waals surface area (Å²) in [6, 6.07) is 9.32. The quantitative estimate of drug-likeness (QED) is 0.696. The molecular formula is C20H23N5OS. The zero-order chi connectivity index (χ0) is 19.4. The fourth-order valence-corrected chi connectivity index (χ4v) is 3.39. The Morgan fingerprint density at radius 2 is 2.07 bits per heavy atom. The molecule has 0 fully saturated rings. The molecule has 0 saturated carbocycles. The average molecular weight is 382 g/mol. The van der Waals surface area contributed by atoms with Gasteiger partial charge in [-0.2, -0.15) is 0 Å². The smallest absolute Gasteiger partial charge is 0.321 e. The molecule has 2 aromatic heterocycles. The van der Waals surface area contributed by atoms with Crippen molar-refractivity contribution in [2.45, 2.75) is 33.2 Å². The van der Waals surface area contributed by atoms with Crippen LogP contribution in [0.4, 0.5) is 10.5 Å². The highest BCUT2D eigenvalue weighted by molar-refractivity contribution is 7.09. The molecule has 2 amide bonds. The van der Waals surface area contributed by atoms with Gasteiger partial charge in [-0.25, -0.2) is 19.7 Å². The highest BCUT2D eigenvalue weighted by Gasteiger charge is 2.13. The van der Waals surface area contributed by atoms with E-state index in [4.69, 9.17) is 0 Å². The van der Waals surface area contributed by atoms with Crippen molar-refractivity contribution >= 4 is 23.1 Å². The van der Waals surface area contributed by atoms with Gasteiger partial charge < -0.3 is 10.2 Å². The summed E-state index contributed by atoms with van der Waals surface area (Å²) in [5.41, 5.74) is 3.39. The first kappa shape index (κ1) is 19.0. The molecule has 0 unspecified atom stereocenters. The van der Waals surface area contributed by atoms with Gasteiger partial charge >= 0.3 is 6.03 Å². The number of nitrogens with zero attached hydrogens (tertiary/aromatic N) is 4. The number of rotatable bonds is 5. The van der Waals surface area contributed by atoms with Gasteiger partial charge in [0.25, 0.3) is 0 Å². The van der Waals surface area contributed by atoms with Crippen molar-refractivity contribution in [1.29, 1.82) is 0 Å². The molecular weight excluding hydrogens is 358 g/mol. The van der Waals surface area contributed by atoms with Crippen molar-refractivity contribution < 1.29 is 4.79 Å². The Kier molecular flexibility index (Phi) is 5.81. The number of urea groups is 1. The van der Waals surface area contributed by atoms with Crippen LogP contribution in [-0.2, 0) is 6.54 Å². The molecule has 0 bridgehead atoms. The fourth-order valence-electron chi connectivity index (χ4n) is 2.57. The average Bonchev–Trinajstić information content (AvgIpc) is 3.11. The lowest BCUT2D eigenvalue weighted by atomic mass is 10.1. The minimum atomic E-state index is -0.176. The predicted octanol–water partition coefficient (Wildman–Crippen LogP) is 4.70. The molecule has 3 aromatic rings. The Morgan fingerprint density at radius 1 is 1.26 bits per heavy atom. The van der Waals surface area contributed by atoms with Crippen LogP contribution in [0.15, 0.2) is 41.9 Å². The topological polar surface area (TPSA) is 71.0 Å². The van der Waals surface area contributed by atoms with Crippen molar-refractivity contribution in [1.82, 2.24) is 19.9 Å². The molecule has 6 nitrogen and oxygen atoms in total. The van der Waals surface area contributed by atoms with Gasteiger partial charge in [-0.15, -0.1) is 11.3 Å². The maximum Gasteiger partial charge on any atom is 0.321 e. The van der Waals surface area contributed by atoms with Crippen LogP contribution in [0.3, 0.4) is 0 Å². The minimum absolute atomic E-state index is 0.176. The second-order valence-electron chi connectivity index (χ2n) is 6.69. The minimum Gasteiger partial charge on any atom is -0.322 e. The lowest BCUT2D eigenvalue weighted by Crippen LogP contribution is -2.31. The van der Waals surface area contributed by atoms with E-state index in [0.717, 1.165) is 27.6 Å². The number of carbonyl (C=O) groups excluding carboxylic acids is 1. The van der Waals surface area contributed by atoms with E-state index < -0.39 is 0 Å². The normalized spacial score (nSPS) is 10.9. The second kappa shape index (κ2) is 8.26. The van der Waals surface area contributed by atoms with Crippen molar-refractivity contribution in [3.63, 3.8) is 0 Å². The van der Waals surface area contributed by atoms with Crippen LogP contribution in [0.5, 0.6) is 0 Å². The lowest BCUT2D eigenvalue weighted by Gasteiger charge is -2.17. The number of hydrogen-bond acceptors (Lipinski definition) is 5. The number of aromatic nitrogens is 3. The van der Waals surface area contributed by atoms with Gasteiger partial charge in [0.15, 0.2) is 0 Å². The summed E-state index contributed by atoms with van der Waals surface area (Å²) in [5, 5.41) is 6.04. The Hall–Kier alpha value is -2.80. The molecule has 0 saturated heterocycles. The molecule has 0 radical (unpaired) electrons. The van der Waals surface area contributed by atoms with Crippen LogP contribution in [0.25, 0.3) is 11.3 Å². The van der Waals surface area contributed by atoms with Gasteiger partial charge in [0.2, 0.25) is 0 Å². The number of amides is 2. The molecule has 2 heterocycles. The summed E-state index contributed by atoms with van der Waals surface area (Å²) in [6.45, 7) is 6.56. The third-order valence-corrected chi connectivity index (χ3v) is 5.19. The van der Waals surface area contributed by atoms with Crippen LogP contribution in [0, 0.1) is 6.92 Å².